The molecule has 0 spiro atoms. The van der Waals surface area contributed by atoms with Crippen LogP contribution in [-0.2, 0) is 4.74 Å². The van der Waals surface area contributed by atoms with Crippen LogP contribution in [0.4, 0.5) is 15.8 Å². The van der Waals surface area contributed by atoms with Gasteiger partial charge < -0.3 is 31.4 Å². The first-order chi connectivity index (χ1) is 13.9. The minimum Gasteiger partial charge on any atom is -0.381 e. The predicted molar refractivity (Wildman–Crippen MR) is 111 cm³/mol. The van der Waals surface area contributed by atoms with E-state index < -0.39 is 11.7 Å². The average Bonchev–Trinajstić information content (AvgIpc) is 3.12. The lowest BCUT2D eigenvalue weighted by Gasteiger charge is -2.44. The lowest BCUT2D eigenvalue weighted by atomic mass is 9.73. The molecule has 29 heavy (non-hydrogen) atoms. The minimum absolute atomic E-state index is 0.103. The summed E-state index contributed by atoms with van der Waals surface area (Å²) in [4.78, 5) is 14.3. The molecule has 0 unspecified atom stereocenters. The summed E-state index contributed by atoms with van der Waals surface area (Å²) >= 11 is 0. The number of allylic oxidation sites excluding steroid dienone is 1. The molecule has 3 aliphatic rings. The van der Waals surface area contributed by atoms with Crippen LogP contribution in [0.2, 0.25) is 0 Å². The fourth-order valence-electron chi connectivity index (χ4n) is 4.71. The average molecular weight is 401 g/mol. The number of fused-ring (bicyclic) bond motifs is 1. The number of likely N-dealkylation sites (tertiary alicyclic amines) is 1. The van der Waals surface area contributed by atoms with Gasteiger partial charge in [-0.25, -0.2) is 4.39 Å². The van der Waals surface area contributed by atoms with E-state index in [1.165, 1.54) is 12.3 Å². The standard InChI is InChI=1S/C21H28FN5O2/c1-21(4-6-27(7-5-21)14-2-8-29-9-3-14)16(12-23)20-25-17-11-13(22)10-15(19(24)28)18(17)26-20/h10-12,14,23,25-26H,2-9H2,1H3,(H2,24,28)/b20-16+,23-12?. The minimum atomic E-state index is -0.691. The highest BCUT2D eigenvalue weighted by Gasteiger charge is 2.38. The Kier molecular flexibility index (Phi) is 5.31. The maximum absolute atomic E-state index is 13.9. The molecular formula is C21H28FN5O2. The molecule has 5 N–H and O–H groups in total. The molecule has 1 amide bonds. The summed E-state index contributed by atoms with van der Waals surface area (Å²) in [6, 6.07) is 3.05. The van der Waals surface area contributed by atoms with Gasteiger partial charge in [0.25, 0.3) is 5.91 Å². The summed E-state index contributed by atoms with van der Waals surface area (Å²) < 4.78 is 19.4. The maximum Gasteiger partial charge on any atom is 0.250 e. The van der Waals surface area contributed by atoms with Gasteiger partial charge in [-0.15, -0.1) is 0 Å². The quantitative estimate of drug-likeness (QED) is 0.581. The van der Waals surface area contributed by atoms with Crippen LogP contribution in [0.25, 0.3) is 0 Å². The van der Waals surface area contributed by atoms with Gasteiger partial charge in [0.15, 0.2) is 0 Å². The second kappa shape index (κ2) is 7.76. The van der Waals surface area contributed by atoms with E-state index in [4.69, 9.17) is 15.9 Å². The largest absolute Gasteiger partial charge is 0.381 e. The molecule has 2 saturated heterocycles. The van der Waals surface area contributed by atoms with Crippen LogP contribution in [0.15, 0.2) is 23.5 Å². The van der Waals surface area contributed by atoms with Gasteiger partial charge >= 0.3 is 0 Å². The molecule has 7 nitrogen and oxygen atoms in total. The van der Waals surface area contributed by atoms with E-state index in [-0.39, 0.29) is 11.0 Å². The number of halogens is 1. The highest BCUT2D eigenvalue weighted by Crippen LogP contribution is 2.43. The van der Waals surface area contributed by atoms with E-state index >= 15 is 0 Å². The van der Waals surface area contributed by atoms with E-state index in [9.17, 15) is 9.18 Å². The molecule has 4 rings (SSSR count). The van der Waals surface area contributed by atoms with Gasteiger partial charge in [0.05, 0.1) is 16.9 Å². The topological polar surface area (TPSA) is 103 Å². The van der Waals surface area contributed by atoms with Crippen molar-refractivity contribution in [3.63, 3.8) is 0 Å². The highest BCUT2D eigenvalue weighted by molar-refractivity contribution is 6.04. The number of rotatable bonds is 4. The van der Waals surface area contributed by atoms with E-state index in [1.807, 2.05) is 0 Å². The van der Waals surface area contributed by atoms with Crippen LogP contribution in [0.5, 0.6) is 0 Å². The van der Waals surface area contributed by atoms with Gasteiger partial charge in [0, 0.05) is 31.0 Å². The van der Waals surface area contributed by atoms with Crippen LogP contribution in [0.3, 0.4) is 0 Å². The Hall–Kier alpha value is -2.45. The number of nitrogens with zero attached hydrogens (tertiary/aromatic N) is 1. The molecular weight excluding hydrogens is 373 g/mol. The number of nitrogens with two attached hydrogens (primary N) is 1. The number of anilines is 2. The first kappa shape index (κ1) is 19.8. The molecule has 0 aliphatic carbocycles. The van der Waals surface area contributed by atoms with Crippen molar-refractivity contribution < 1.29 is 13.9 Å². The molecule has 3 heterocycles. The van der Waals surface area contributed by atoms with Crippen molar-refractivity contribution in [2.24, 2.45) is 11.1 Å². The predicted octanol–water partition coefficient (Wildman–Crippen LogP) is 2.90. The van der Waals surface area contributed by atoms with Gasteiger partial charge in [-0.3, -0.25) is 4.79 Å². The van der Waals surface area contributed by atoms with Crippen LogP contribution in [0, 0.1) is 16.6 Å². The van der Waals surface area contributed by atoms with Crippen molar-refractivity contribution in [2.45, 2.75) is 38.6 Å². The van der Waals surface area contributed by atoms with E-state index in [0.717, 1.165) is 63.6 Å². The van der Waals surface area contributed by atoms with Crippen molar-refractivity contribution in [3.05, 3.63) is 34.9 Å². The fourth-order valence-corrected chi connectivity index (χ4v) is 4.71. The molecule has 1 aromatic carbocycles. The Labute approximate surface area is 170 Å². The number of benzene rings is 1. The number of ether oxygens (including phenoxy) is 1. The molecule has 1 aromatic rings. The Balaban J connectivity index is 1.56. The third-order valence-corrected chi connectivity index (χ3v) is 6.55. The summed E-state index contributed by atoms with van der Waals surface area (Å²) in [5.74, 6) is -0.589. The molecule has 0 atom stereocenters. The Morgan fingerprint density at radius 1 is 1.31 bits per heavy atom. The zero-order valence-electron chi connectivity index (χ0n) is 16.7. The lowest BCUT2D eigenvalue weighted by Crippen LogP contribution is -2.47. The van der Waals surface area contributed by atoms with Crippen molar-refractivity contribution in [3.8, 4) is 0 Å². The van der Waals surface area contributed by atoms with E-state index in [0.29, 0.717) is 23.2 Å². The number of hydrogen-bond donors (Lipinski definition) is 4. The number of amides is 1. The van der Waals surface area contributed by atoms with Crippen LogP contribution in [-0.4, -0.2) is 49.4 Å². The SMILES string of the molecule is CC1(/C(C=N)=C2\Nc3cc(F)cc(C(N)=O)c3N2)CCN(C2CCOCC2)CC1. The van der Waals surface area contributed by atoms with Crippen LogP contribution >= 0.6 is 0 Å². The summed E-state index contributed by atoms with van der Waals surface area (Å²) in [5.41, 5.74) is 7.10. The fraction of sp³-hybridized carbons (Fsp3) is 0.524. The maximum atomic E-state index is 13.9. The van der Waals surface area contributed by atoms with Crippen LogP contribution < -0.4 is 16.4 Å². The first-order valence-electron chi connectivity index (χ1n) is 10.2. The number of primary amides is 1. The van der Waals surface area contributed by atoms with Gasteiger partial charge in [0.2, 0.25) is 0 Å². The van der Waals surface area contributed by atoms with Gasteiger partial charge in [-0.2, -0.15) is 0 Å². The lowest BCUT2D eigenvalue weighted by molar-refractivity contribution is 0.0147. The Morgan fingerprint density at radius 3 is 2.62 bits per heavy atom. The zero-order valence-corrected chi connectivity index (χ0v) is 16.7. The van der Waals surface area contributed by atoms with Gasteiger partial charge in [-0.05, 0) is 56.3 Å². The zero-order chi connectivity index (χ0) is 20.6. The first-order valence-corrected chi connectivity index (χ1v) is 10.2. The number of hydrogen-bond acceptors (Lipinski definition) is 6. The molecule has 8 heteroatoms. The summed E-state index contributed by atoms with van der Waals surface area (Å²) in [6.45, 7) is 5.78. The number of carbonyl (C=O) groups excluding carboxylic acids is 1. The second-order valence-electron chi connectivity index (χ2n) is 8.36. The smallest absolute Gasteiger partial charge is 0.250 e. The van der Waals surface area contributed by atoms with Gasteiger partial charge in [-0.1, -0.05) is 6.92 Å². The molecule has 0 aromatic heterocycles. The Morgan fingerprint density at radius 2 is 2.00 bits per heavy atom. The summed E-state index contributed by atoms with van der Waals surface area (Å²) in [6.07, 6.45) is 5.38. The molecule has 0 saturated carbocycles. The molecule has 2 fully saturated rings. The Bertz CT molecular complexity index is 855. The molecule has 0 bridgehead atoms. The number of piperidine rings is 1. The van der Waals surface area contributed by atoms with Crippen molar-refractivity contribution in [1.82, 2.24) is 4.90 Å². The normalized spacial score (nSPS) is 23.7. The molecule has 156 valence electrons. The third kappa shape index (κ3) is 3.74. The van der Waals surface area contributed by atoms with Crippen molar-refractivity contribution in [2.75, 3.05) is 36.9 Å². The van der Waals surface area contributed by atoms with Crippen molar-refractivity contribution >= 4 is 23.5 Å². The van der Waals surface area contributed by atoms with E-state index in [1.54, 1.807) is 0 Å². The van der Waals surface area contributed by atoms with Gasteiger partial charge in [0.1, 0.15) is 11.6 Å². The van der Waals surface area contributed by atoms with E-state index in [2.05, 4.69) is 22.5 Å². The monoisotopic (exact) mass is 401 g/mol. The van der Waals surface area contributed by atoms with Crippen molar-refractivity contribution in [1.29, 1.82) is 5.41 Å². The highest BCUT2D eigenvalue weighted by atomic mass is 19.1. The number of nitrogens with one attached hydrogen (secondary N) is 3. The van der Waals surface area contributed by atoms with Crippen LogP contribution in [0.1, 0.15) is 43.0 Å². The number of carbonyl (C=O) groups is 1. The second-order valence-corrected chi connectivity index (χ2v) is 8.36. The summed E-state index contributed by atoms with van der Waals surface area (Å²) in [5, 5.41) is 14.4. The molecule has 3 aliphatic heterocycles. The molecule has 0 radical (unpaired) electrons. The summed E-state index contributed by atoms with van der Waals surface area (Å²) in [7, 11) is 0. The third-order valence-electron chi connectivity index (χ3n) is 6.55.